The molecule has 3 aromatic rings. The topological polar surface area (TPSA) is 57.8 Å². The van der Waals surface area contributed by atoms with Crippen molar-refractivity contribution in [3.05, 3.63) is 38.8 Å². The fourth-order valence-electron chi connectivity index (χ4n) is 1.84. The molecule has 0 aliphatic rings. The van der Waals surface area contributed by atoms with Crippen LogP contribution < -0.4 is 5.32 Å². The van der Waals surface area contributed by atoms with Gasteiger partial charge in [-0.05, 0) is 31.3 Å². The third kappa shape index (κ3) is 2.79. The molecule has 102 valence electrons. The van der Waals surface area contributed by atoms with Gasteiger partial charge in [-0.1, -0.05) is 23.5 Å². The van der Waals surface area contributed by atoms with E-state index in [2.05, 4.69) is 15.3 Å². The van der Waals surface area contributed by atoms with Crippen LogP contribution in [-0.4, -0.2) is 15.9 Å². The molecule has 2 N–H and O–H groups in total. The smallest absolute Gasteiger partial charge is 0.231 e. The highest BCUT2D eigenvalue weighted by Crippen LogP contribution is 2.25. The Morgan fingerprint density at radius 2 is 2.20 bits per heavy atom. The van der Waals surface area contributed by atoms with Gasteiger partial charge in [-0.3, -0.25) is 4.79 Å². The lowest BCUT2D eigenvalue weighted by Gasteiger charge is -2.00. The van der Waals surface area contributed by atoms with E-state index in [0.717, 1.165) is 20.8 Å². The number of nitrogens with one attached hydrogen (secondary N) is 2. The molecule has 2 heterocycles. The molecule has 0 bridgehead atoms. The van der Waals surface area contributed by atoms with Crippen molar-refractivity contribution in [2.75, 3.05) is 5.32 Å². The maximum atomic E-state index is 12.0. The highest BCUT2D eigenvalue weighted by atomic mass is 32.1. The summed E-state index contributed by atoms with van der Waals surface area (Å²) in [6, 6.07) is 7.82. The lowest BCUT2D eigenvalue weighted by molar-refractivity contribution is -0.115. The average Bonchev–Trinajstić information content (AvgIpc) is 2.92. The van der Waals surface area contributed by atoms with Gasteiger partial charge in [0, 0.05) is 10.6 Å². The molecular formula is C13H11N3OS3. The van der Waals surface area contributed by atoms with Crippen molar-refractivity contribution in [2.45, 2.75) is 13.3 Å². The number of rotatable bonds is 3. The molecule has 1 amide bonds. The Kier molecular flexibility index (Phi) is 3.64. The van der Waals surface area contributed by atoms with Gasteiger partial charge in [0.1, 0.15) is 0 Å². The van der Waals surface area contributed by atoms with Crippen molar-refractivity contribution in [1.29, 1.82) is 0 Å². The zero-order valence-corrected chi connectivity index (χ0v) is 13.0. The van der Waals surface area contributed by atoms with Gasteiger partial charge in [0.05, 0.1) is 16.6 Å². The van der Waals surface area contributed by atoms with Crippen LogP contribution in [0.25, 0.3) is 10.2 Å². The number of para-hydroxylation sites is 1. The Hall–Kier alpha value is -1.57. The van der Waals surface area contributed by atoms with E-state index in [4.69, 9.17) is 12.2 Å². The fourth-order valence-corrected chi connectivity index (χ4v) is 4.01. The van der Waals surface area contributed by atoms with E-state index in [9.17, 15) is 4.79 Å². The van der Waals surface area contributed by atoms with E-state index >= 15 is 0 Å². The predicted molar refractivity (Wildman–Crippen MR) is 86.2 cm³/mol. The quantitative estimate of drug-likeness (QED) is 0.719. The maximum Gasteiger partial charge on any atom is 0.231 e. The molecule has 0 fully saturated rings. The van der Waals surface area contributed by atoms with Gasteiger partial charge in [0.2, 0.25) is 5.91 Å². The Bertz CT molecular complexity index is 798. The van der Waals surface area contributed by atoms with Gasteiger partial charge in [-0.15, -0.1) is 11.3 Å². The molecule has 20 heavy (non-hydrogen) atoms. The number of thiazole rings is 2. The second kappa shape index (κ2) is 5.43. The van der Waals surface area contributed by atoms with Crippen LogP contribution in [-0.2, 0) is 11.2 Å². The van der Waals surface area contributed by atoms with Crippen molar-refractivity contribution >= 4 is 56.1 Å². The Labute approximate surface area is 128 Å². The summed E-state index contributed by atoms with van der Waals surface area (Å²) >= 11 is 7.98. The molecule has 3 rings (SSSR count). The van der Waals surface area contributed by atoms with E-state index in [1.165, 1.54) is 22.7 Å². The number of fused-ring (bicyclic) bond motifs is 1. The summed E-state index contributed by atoms with van der Waals surface area (Å²) in [6.45, 7) is 1.92. The van der Waals surface area contributed by atoms with E-state index in [1.54, 1.807) is 0 Å². The lowest BCUT2D eigenvalue weighted by Crippen LogP contribution is -2.13. The molecule has 0 saturated heterocycles. The third-order valence-electron chi connectivity index (χ3n) is 2.79. The van der Waals surface area contributed by atoms with Crippen LogP contribution in [0.15, 0.2) is 24.3 Å². The van der Waals surface area contributed by atoms with E-state index in [-0.39, 0.29) is 5.91 Å². The van der Waals surface area contributed by atoms with Crippen LogP contribution in [0.2, 0.25) is 0 Å². The Balaban J connectivity index is 1.75. The summed E-state index contributed by atoms with van der Waals surface area (Å²) in [5.41, 5.74) is 1.86. The summed E-state index contributed by atoms with van der Waals surface area (Å²) in [6.07, 6.45) is 0.319. The summed E-state index contributed by atoms with van der Waals surface area (Å²) < 4.78 is 1.77. The highest BCUT2D eigenvalue weighted by molar-refractivity contribution is 7.73. The van der Waals surface area contributed by atoms with Gasteiger partial charge in [0.25, 0.3) is 0 Å². The minimum atomic E-state index is -0.0718. The largest absolute Gasteiger partial charge is 0.341 e. The monoisotopic (exact) mass is 321 g/mol. The van der Waals surface area contributed by atoms with Gasteiger partial charge >= 0.3 is 0 Å². The van der Waals surface area contributed by atoms with E-state index in [1.807, 2.05) is 31.2 Å². The highest BCUT2D eigenvalue weighted by Gasteiger charge is 2.11. The molecule has 4 nitrogen and oxygen atoms in total. The number of hydrogen-bond donors (Lipinski definition) is 2. The number of hydrogen-bond acceptors (Lipinski definition) is 5. The van der Waals surface area contributed by atoms with Crippen LogP contribution >= 0.6 is 34.9 Å². The molecule has 0 aliphatic carbocycles. The van der Waals surface area contributed by atoms with Crippen LogP contribution in [0.1, 0.15) is 10.6 Å². The van der Waals surface area contributed by atoms with Gasteiger partial charge in [-0.2, -0.15) is 0 Å². The third-order valence-corrected chi connectivity index (χ3v) is 5.07. The van der Waals surface area contributed by atoms with Crippen LogP contribution in [0, 0.1) is 10.9 Å². The number of carbonyl (C=O) groups excluding carboxylic acids is 1. The summed E-state index contributed by atoms with van der Waals surface area (Å²) in [5, 5.41) is 3.48. The molecule has 7 heteroatoms. The average molecular weight is 321 g/mol. The summed E-state index contributed by atoms with van der Waals surface area (Å²) in [5.74, 6) is -0.0718. The van der Waals surface area contributed by atoms with Crippen molar-refractivity contribution in [3.63, 3.8) is 0 Å². The molecule has 0 aliphatic heterocycles. The van der Waals surface area contributed by atoms with Crippen LogP contribution in [0.5, 0.6) is 0 Å². The Morgan fingerprint density at radius 3 is 2.90 bits per heavy atom. The zero-order chi connectivity index (χ0) is 14.1. The molecule has 2 aromatic heterocycles. The number of aromatic amines is 1. The molecule has 0 unspecified atom stereocenters. The molecule has 0 atom stereocenters. The first kappa shape index (κ1) is 13.4. The zero-order valence-electron chi connectivity index (χ0n) is 10.6. The van der Waals surface area contributed by atoms with Gasteiger partial charge in [-0.25, -0.2) is 4.98 Å². The molecule has 0 radical (unpaired) electrons. The second-order valence-corrected chi connectivity index (χ2v) is 7.08. The van der Waals surface area contributed by atoms with E-state index < -0.39 is 0 Å². The SMILES string of the molecule is Cc1[nH]c(=S)sc1CC(=O)Nc1nc2ccccc2s1. The number of aryl methyl sites for hydroxylation is 1. The van der Waals surface area contributed by atoms with Gasteiger partial charge in [0.15, 0.2) is 9.09 Å². The van der Waals surface area contributed by atoms with E-state index in [0.29, 0.717) is 15.5 Å². The standard InChI is InChI=1S/C13H11N3OS3/c1-7-10(20-13(18)14-7)6-11(17)16-12-15-8-4-2-3-5-9(8)19-12/h2-5H,6H2,1H3,(H,14,18)(H,15,16,17). The molecule has 0 saturated carbocycles. The number of anilines is 1. The molecular weight excluding hydrogens is 310 g/mol. The first-order valence-corrected chi connectivity index (χ1v) is 8.00. The molecule has 0 spiro atoms. The number of H-pyrrole nitrogens is 1. The number of aromatic nitrogens is 2. The summed E-state index contributed by atoms with van der Waals surface area (Å²) in [7, 11) is 0. The first-order chi connectivity index (χ1) is 9.61. The van der Waals surface area contributed by atoms with Crippen LogP contribution in [0.3, 0.4) is 0 Å². The maximum absolute atomic E-state index is 12.0. The normalized spacial score (nSPS) is 10.8. The summed E-state index contributed by atoms with van der Waals surface area (Å²) in [4.78, 5) is 20.4. The van der Waals surface area contributed by atoms with Crippen molar-refractivity contribution in [3.8, 4) is 0 Å². The minimum Gasteiger partial charge on any atom is -0.341 e. The number of nitrogens with zero attached hydrogens (tertiary/aromatic N) is 1. The predicted octanol–water partition coefficient (Wildman–Crippen LogP) is 3.91. The second-order valence-electron chi connectivity index (χ2n) is 4.27. The number of amides is 1. The fraction of sp³-hybridized carbons (Fsp3) is 0.154. The van der Waals surface area contributed by atoms with Crippen LogP contribution in [0.4, 0.5) is 5.13 Å². The molecule has 1 aromatic carbocycles. The first-order valence-electron chi connectivity index (χ1n) is 5.96. The van der Waals surface area contributed by atoms with Gasteiger partial charge < -0.3 is 10.3 Å². The van der Waals surface area contributed by atoms with Crippen molar-refractivity contribution in [1.82, 2.24) is 9.97 Å². The Morgan fingerprint density at radius 1 is 1.40 bits per heavy atom. The lowest BCUT2D eigenvalue weighted by atomic mass is 10.3. The number of carbonyl (C=O) groups is 1. The van der Waals surface area contributed by atoms with Crippen molar-refractivity contribution < 1.29 is 4.79 Å². The number of benzene rings is 1. The van der Waals surface area contributed by atoms with Crippen molar-refractivity contribution in [2.24, 2.45) is 0 Å². The minimum absolute atomic E-state index is 0.0718.